The van der Waals surface area contributed by atoms with E-state index in [0.29, 0.717) is 12.3 Å². The van der Waals surface area contributed by atoms with Gasteiger partial charge in [-0.25, -0.2) is 5.48 Å². The maximum Gasteiger partial charge on any atom is 0.244 e. The third-order valence-electron chi connectivity index (χ3n) is 2.65. The van der Waals surface area contributed by atoms with E-state index >= 15 is 0 Å². The van der Waals surface area contributed by atoms with E-state index < -0.39 is 0 Å². The molecular formula is C13H19NO2. The molecule has 0 aliphatic rings. The number of hydrogen-bond acceptors (Lipinski definition) is 2. The molecule has 16 heavy (non-hydrogen) atoms. The van der Waals surface area contributed by atoms with Gasteiger partial charge in [0.05, 0.1) is 7.11 Å². The number of carbonyl (C=O) groups excluding carboxylic acids is 1. The average Bonchev–Trinajstić information content (AvgIpc) is 2.27. The summed E-state index contributed by atoms with van der Waals surface area (Å²) < 4.78 is 0. The van der Waals surface area contributed by atoms with E-state index in [1.807, 2.05) is 18.2 Å². The van der Waals surface area contributed by atoms with Gasteiger partial charge in [0.25, 0.3) is 0 Å². The van der Waals surface area contributed by atoms with Crippen molar-refractivity contribution < 1.29 is 9.63 Å². The molecule has 0 radical (unpaired) electrons. The van der Waals surface area contributed by atoms with Crippen molar-refractivity contribution in [1.82, 2.24) is 5.48 Å². The van der Waals surface area contributed by atoms with Crippen molar-refractivity contribution in [1.29, 1.82) is 0 Å². The van der Waals surface area contributed by atoms with E-state index in [4.69, 9.17) is 0 Å². The third-order valence-corrected chi connectivity index (χ3v) is 2.65. The van der Waals surface area contributed by atoms with Crippen molar-refractivity contribution >= 4 is 5.91 Å². The Morgan fingerprint density at radius 3 is 2.44 bits per heavy atom. The molecule has 1 unspecified atom stereocenters. The topological polar surface area (TPSA) is 38.3 Å². The number of amides is 1. The summed E-state index contributed by atoms with van der Waals surface area (Å²) in [6, 6.07) is 10.1. The molecule has 3 nitrogen and oxygen atoms in total. The van der Waals surface area contributed by atoms with E-state index in [0.717, 1.165) is 0 Å². The number of benzene rings is 1. The zero-order chi connectivity index (χ0) is 12.0. The summed E-state index contributed by atoms with van der Waals surface area (Å²) >= 11 is 0. The predicted octanol–water partition coefficient (Wildman–Crippen LogP) is 2.49. The van der Waals surface area contributed by atoms with Crippen LogP contribution in [-0.2, 0) is 9.63 Å². The van der Waals surface area contributed by atoms with Crippen LogP contribution in [0, 0.1) is 5.92 Å². The van der Waals surface area contributed by atoms with Crippen molar-refractivity contribution in [2.75, 3.05) is 7.11 Å². The highest BCUT2D eigenvalue weighted by molar-refractivity contribution is 5.75. The van der Waals surface area contributed by atoms with E-state index in [2.05, 4.69) is 36.3 Å². The summed E-state index contributed by atoms with van der Waals surface area (Å²) in [5, 5.41) is 0. The van der Waals surface area contributed by atoms with Gasteiger partial charge in [0.2, 0.25) is 5.91 Å². The summed E-state index contributed by atoms with van der Waals surface area (Å²) in [5.74, 6) is 0.575. The van der Waals surface area contributed by atoms with Crippen molar-refractivity contribution in [3.8, 4) is 0 Å². The molecule has 1 atom stereocenters. The van der Waals surface area contributed by atoms with Crippen LogP contribution in [0.25, 0.3) is 0 Å². The predicted molar refractivity (Wildman–Crippen MR) is 63.8 cm³/mol. The van der Waals surface area contributed by atoms with Gasteiger partial charge in [0.1, 0.15) is 0 Å². The lowest BCUT2D eigenvalue weighted by Crippen LogP contribution is -2.25. The van der Waals surface area contributed by atoms with E-state index in [9.17, 15) is 4.79 Å². The molecule has 0 saturated heterocycles. The van der Waals surface area contributed by atoms with Gasteiger partial charge in [-0.05, 0) is 17.4 Å². The molecule has 0 bridgehead atoms. The van der Waals surface area contributed by atoms with Gasteiger partial charge in [-0.3, -0.25) is 9.63 Å². The molecule has 1 aromatic rings. The molecule has 1 N–H and O–H groups in total. The molecule has 0 aliphatic heterocycles. The number of hydrogen-bond donors (Lipinski definition) is 1. The molecule has 0 aliphatic carbocycles. The standard InChI is InChI=1S/C13H19NO2/c1-10(2)12(9-13(15)14-16-3)11-7-5-4-6-8-11/h4-8,10,12H,9H2,1-3H3,(H,14,15). The molecule has 0 spiro atoms. The Labute approximate surface area is 96.8 Å². The monoisotopic (exact) mass is 221 g/mol. The minimum absolute atomic E-state index is 0.0787. The SMILES string of the molecule is CONC(=O)CC(c1ccccc1)C(C)C. The van der Waals surface area contributed by atoms with Crippen LogP contribution in [0.1, 0.15) is 31.7 Å². The first-order chi connectivity index (χ1) is 7.65. The minimum Gasteiger partial charge on any atom is -0.277 e. The van der Waals surface area contributed by atoms with Crippen LogP contribution in [0.5, 0.6) is 0 Å². The van der Waals surface area contributed by atoms with Crippen LogP contribution in [-0.4, -0.2) is 13.0 Å². The number of carbonyl (C=O) groups is 1. The quantitative estimate of drug-likeness (QED) is 0.776. The highest BCUT2D eigenvalue weighted by Crippen LogP contribution is 2.27. The smallest absolute Gasteiger partial charge is 0.244 e. The molecule has 0 aromatic heterocycles. The molecule has 3 heteroatoms. The second kappa shape index (κ2) is 6.28. The second-order valence-electron chi connectivity index (χ2n) is 4.19. The van der Waals surface area contributed by atoms with Gasteiger partial charge in [0, 0.05) is 6.42 Å². The molecule has 0 fully saturated rings. The van der Waals surface area contributed by atoms with Gasteiger partial charge in [-0.1, -0.05) is 44.2 Å². The van der Waals surface area contributed by atoms with Gasteiger partial charge >= 0.3 is 0 Å². The molecule has 1 amide bonds. The first kappa shape index (κ1) is 12.7. The van der Waals surface area contributed by atoms with Crippen molar-refractivity contribution in [2.45, 2.75) is 26.2 Å². The molecule has 0 heterocycles. The van der Waals surface area contributed by atoms with E-state index in [-0.39, 0.29) is 11.8 Å². The van der Waals surface area contributed by atoms with Crippen molar-refractivity contribution in [3.63, 3.8) is 0 Å². The Morgan fingerprint density at radius 2 is 1.94 bits per heavy atom. The fraction of sp³-hybridized carbons (Fsp3) is 0.462. The number of rotatable bonds is 5. The minimum atomic E-state index is -0.0787. The van der Waals surface area contributed by atoms with Gasteiger partial charge in [-0.2, -0.15) is 0 Å². The summed E-state index contributed by atoms with van der Waals surface area (Å²) in [4.78, 5) is 16.1. The average molecular weight is 221 g/mol. The highest BCUT2D eigenvalue weighted by Gasteiger charge is 2.19. The third kappa shape index (κ3) is 3.66. The lowest BCUT2D eigenvalue weighted by molar-refractivity contribution is -0.131. The highest BCUT2D eigenvalue weighted by atomic mass is 16.6. The van der Waals surface area contributed by atoms with Crippen molar-refractivity contribution in [3.05, 3.63) is 35.9 Å². The summed E-state index contributed by atoms with van der Waals surface area (Å²) in [5.41, 5.74) is 3.56. The number of hydroxylamine groups is 1. The molecule has 88 valence electrons. The maximum absolute atomic E-state index is 11.5. The van der Waals surface area contributed by atoms with E-state index in [1.165, 1.54) is 12.7 Å². The normalized spacial score (nSPS) is 12.5. The lowest BCUT2D eigenvalue weighted by atomic mass is 9.86. The van der Waals surface area contributed by atoms with Gasteiger partial charge in [0.15, 0.2) is 0 Å². The largest absolute Gasteiger partial charge is 0.277 e. The number of nitrogens with one attached hydrogen (secondary N) is 1. The molecule has 1 rings (SSSR count). The first-order valence-electron chi connectivity index (χ1n) is 5.52. The summed E-state index contributed by atoms with van der Waals surface area (Å²) in [6.07, 6.45) is 0.454. The van der Waals surface area contributed by atoms with Gasteiger partial charge in [-0.15, -0.1) is 0 Å². The van der Waals surface area contributed by atoms with Crippen LogP contribution >= 0.6 is 0 Å². The molecule has 1 aromatic carbocycles. The molecular weight excluding hydrogens is 202 g/mol. The van der Waals surface area contributed by atoms with Gasteiger partial charge < -0.3 is 0 Å². The lowest BCUT2D eigenvalue weighted by Gasteiger charge is -2.20. The fourth-order valence-corrected chi connectivity index (χ4v) is 1.79. The first-order valence-corrected chi connectivity index (χ1v) is 5.52. The van der Waals surface area contributed by atoms with Crippen LogP contribution in [0.15, 0.2) is 30.3 Å². The van der Waals surface area contributed by atoms with Crippen LogP contribution < -0.4 is 5.48 Å². The summed E-state index contributed by atoms with van der Waals surface area (Å²) in [7, 11) is 1.45. The molecule has 0 saturated carbocycles. The van der Waals surface area contributed by atoms with Crippen molar-refractivity contribution in [2.24, 2.45) is 5.92 Å². The Kier molecular flexibility index (Phi) is 4.99. The Balaban J connectivity index is 2.73. The van der Waals surface area contributed by atoms with Crippen LogP contribution in [0.3, 0.4) is 0 Å². The summed E-state index contributed by atoms with van der Waals surface area (Å²) in [6.45, 7) is 4.25. The second-order valence-corrected chi connectivity index (χ2v) is 4.19. The Hall–Kier alpha value is -1.35. The Morgan fingerprint density at radius 1 is 1.31 bits per heavy atom. The maximum atomic E-state index is 11.5. The van der Waals surface area contributed by atoms with Crippen LogP contribution in [0.4, 0.5) is 0 Å². The zero-order valence-corrected chi connectivity index (χ0v) is 10.1. The van der Waals surface area contributed by atoms with Crippen LogP contribution in [0.2, 0.25) is 0 Å². The van der Waals surface area contributed by atoms with E-state index in [1.54, 1.807) is 0 Å². The fourth-order valence-electron chi connectivity index (χ4n) is 1.79. The zero-order valence-electron chi connectivity index (χ0n) is 10.1. The Bertz CT molecular complexity index is 322.